The number of nitrogens with zero attached hydrogens (tertiary/aromatic N) is 4. The number of fused-ring (bicyclic) bond motifs is 3. The van der Waals surface area contributed by atoms with Gasteiger partial charge >= 0.3 is 0 Å². The summed E-state index contributed by atoms with van der Waals surface area (Å²) in [4.78, 5) is 10.1. The quantitative estimate of drug-likeness (QED) is 0.216. The maximum atomic E-state index is 10.5. The molecular weight excluding hydrogens is 528 g/mol. The third-order valence-electron chi connectivity index (χ3n) is 8.93. The van der Waals surface area contributed by atoms with Gasteiger partial charge < -0.3 is 4.42 Å². The van der Waals surface area contributed by atoms with Gasteiger partial charge in [-0.15, -0.1) is 0 Å². The number of aromatic nitrogens is 2. The lowest BCUT2D eigenvalue weighted by Gasteiger charge is -2.42. The fourth-order valence-electron chi connectivity index (χ4n) is 7.11. The summed E-state index contributed by atoms with van der Waals surface area (Å²) in [7, 11) is 0. The molecule has 0 fully saturated rings. The standard InChI is InChI=1S/C38H20N4O/c39-19-21-14-15-26-29(16-21)34-25-11-5-4-10-24(25)33(26)31-18-28(23(20-40)17-30(31)34)38-41-35(22-8-2-1-3-9-22)37-36(42-38)27-12-6-7-13-32(27)43-37/h1-18,33-34H. The van der Waals surface area contributed by atoms with Crippen molar-refractivity contribution in [3.05, 3.63) is 154 Å². The maximum absolute atomic E-state index is 10.5. The molecule has 198 valence electrons. The number of hydrogen-bond donors (Lipinski definition) is 0. The van der Waals surface area contributed by atoms with Crippen LogP contribution in [-0.4, -0.2) is 9.97 Å². The second kappa shape index (κ2) is 8.73. The Balaban J connectivity index is 1.33. The van der Waals surface area contributed by atoms with Crippen molar-refractivity contribution >= 4 is 22.1 Å². The van der Waals surface area contributed by atoms with Crippen LogP contribution in [0.1, 0.15) is 56.3 Å². The SMILES string of the molecule is N#Cc1ccc2c(c1)C1c3ccccc3C2c2cc(-c3nc(-c4ccccc4)c4oc5ccccc5c4n3)c(C#N)cc21. The van der Waals surface area contributed by atoms with Crippen molar-refractivity contribution in [3.8, 4) is 34.8 Å². The Bertz CT molecular complexity index is 2390. The van der Waals surface area contributed by atoms with E-state index in [0.717, 1.165) is 38.7 Å². The summed E-state index contributed by atoms with van der Waals surface area (Å²) in [6, 6.07) is 41.3. The Kier molecular flexibility index (Phi) is 4.80. The average Bonchev–Trinajstić information content (AvgIpc) is 3.45. The van der Waals surface area contributed by atoms with Gasteiger partial charge in [0.05, 0.1) is 23.3 Å². The molecule has 0 aliphatic heterocycles. The highest BCUT2D eigenvalue weighted by Gasteiger charge is 2.42. The molecule has 2 heterocycles. The zero-order chi connectivity index (χ0) is 28.7. The lowest BCUT2D eigenvalue weighted by Crippen LogP contribution is -2.28. The zero-order valence-corrected chi connectivity index (χ0v) is 22.7. The van der Waals surface area contributed by atoms with Crippen molar-refractivity contribution in [2.24, 2.45) is 0 Å². The summed E-state index contributed by atoms with van der Waals surface area (Å²) in [5.41, 5.74) is 12.7. The highest BCUT2D eigenvalue weighted by atomic mass is 16.3. The summed E-state index contributed by atoms with van der Waals surface area (Å²) < 4.78 is 6.30. The first-order chi connectivity index (χ1) is 21.2. The molecule has 2 aromatic heterocycles. The normalized spacial score (nSPS) is 15.9. The van der Waals surface area contributed by atoms with Gasteiger partial charge in [-0.2, -0.15) is 10.5 Å². The van der Waals surface area contributed by atoms with Gasteiger partial charge in [-0.05, 0) is 69.8 Å². The van der Waals surface area contributed by atoms with Crippen LogP contribution in [0.2, 0.25) is 0 Å². The van der Waals surface area contributed by atoms with Gasteiger partial charge in [0, 0.05) is 28.3 Å². The summed E-state index contributed by atoms with van der Waals surface area (Å²) in [5.74, 6) is 0.423. The van der Waals surface area contributed by atoms with E-state index in [9.17, 15) is 10.5 Å². The van der Waals surface area contributed by atoms with Crippen molar-refractivity contribution in [1.82, 2.24) is 9.97 Å². The number of para-hydroxylation sites is 1. The van der Waals surface area contributed by atoms with Crippen LogP contribution in [0.5, 0.6) is 0 Å². The maximum Gasteiger partial charge on any atom is 0.180 e. The fraction of sp³-hybridized carbons (Fsp3) is 0.0526. The molecule has 2 atom stereocenters. The van der Waals surface area contributed by atoms with Crippen molar-refractivity contribution < 1.29 is 4.42 Å². The highest BCUT2D eigenvalue weighted by Crippen LogP contribution is 2.56. The first-order valence-electron chi connectivity index (χ1n) is 14.2. The van der Waals surface area contributed by atoms with Gasteiger partial charge in [-0.25, -0.2) is 9.97 Å². The number of nitriles is 2. The fourth-order valence-corrected chi connectivity index (χ4v) is 7.11. The molecule has 0 radical (unpaired) electrons. The summed E-state index contributed by atoms with van der Waals surface area (Å²) in [5, 5.41) is 21.1. The van der Waals surface area contributed by atoms with Gasteiger partial charge in [0.25, 0.3) is 0 Å². The van der Waals surface area contributed by atoms with Crippen LogP contribution in [-0.2, 0) is 0 Å². The predicted octanol–water partition coefficient (Wildman–Crippen LogP) is 8.44. The molecular formula is C38H20N4O. The lowest BCUT2D eigenvalue weighted by molar-refractivity contribution is 0.667. The Morgan fingerprint density at radius 1 is 0.605 bits per heavy atom. The second-order valence-electron chi connectivity index (χ2n) is 11.1. The second-order valence-corrected chi connectivity index (χ2v) is 11.1. The van der Waals surface area contributed by atoms with Crippen LogP contribution < -0.4 is 0 Å². The molecule has 0 saturated carbocycles. The molecule has 0 N–H and O–H groups in total. The third kappa shape index (κ3) is 3.25. The minimum Gasteiger partial charge on any atom is -0.452 e. The van der Waals surface area contributed by atoms with E-state index in [1.54, 1.807) is 0 Å². The van der Waals surface area contributed by atoms with Gasteiger partial charge in [0.2, 0.25) is 0 Å². The van der Waals surface area contributed by atoms with E-state index in [1.165, 1.54) is 16.7 Å². The Morgan fingerprint density at radius 2 is 1.28 bits per heavy atom. The third-order valence-corrected chi connectivity index (χ3v) is 8.93. The van der Waals surface area contributed by atoms with Crippen molar-refractivity contribution in [2.75, 3.05) is 0 Å². The molecule has 0 amide bonds. The van der Waals surface area contributed by atoms with E-state index in [-0.39, 0.29) is 11.8 Å². The molecule has 0 spiro atoms. The summed E-state index contributed by atoms with van der Waals surface area (Å²) in [6.07, 6.45) is 0. The average molecular weight is 549 g/mol. The minimum absolute atomic E-state index is 0.0162. The first kappa shape index (κ1) is 23.6. The molecule has 43 heavy (non-hydrogen) atoms. The molecule has 2 unspecified atom stereocenters. The Hall–Kier alpha value is -6.04. The predicted molar refractivity (Wildman–Crippen MR) is 164 cm³/mol. The molecule has 10 rings (SSSR count). The molecule has 5 nitrogen and oxygen atoms in total. The summed E-state index contributed by atoms with van der Waals surface area (Å²) in [6.45, 7) is 0. The van der Waals surface area contributed by atoms with E-state index < -0.39 is 0 Å². The molecule has 3 aliphatic carbocycles. The van der Waals surface area contributed by atoms with Crippen molar-refractivity contribution in [3.63, 3.8) is 0 Å². The van der Waals surface area contributed by atoms with Gasteiger partial charge in [0.1, 0.15) is 16.8 Å². The van der Waals surface area contributed by atoms with Crippen LogP contribution in [0.4, 0.5) is 0 Å². The lowest BCUT2D eigenvalue weighted by atomic mass is 9.60. The molecule has 0 saturated heterocycles. The summed E-state index contributed by atoms with van der Waals surface area (Å²) >= 11 is 0. The Morgan fingerprint density at radius 3 is 2.07 bits per heavy atom. The van der Waals surface area contributed by atoms with E-state index in [0.29, 0.717) is 33.8 Å². The topological polar surface area (TPSA) is 86.5 Å². The van der Waals surface area contributed by atoms with Crippen LogP contribution in [0.3, 0.4) is 0 Å². The zero-order valence-electron chi connectivity index (χ0n) is 22.7. The largest absolute Gasteiger partial charge is 0.452 e. The van der Waals surface area contributed by atoms with Crippen LogP contribution in [0.15, 0.2) is 114 Å². The number of rotatable bonds is 2. The van der Waals surface area contributed by atoms with E-state index in [2.05, 4.69) is 48.5 Å². The van der Waals surface area contributed by atoms with E-state index in [1.807, 2.05) is 72.8 Å². The molecule has 5 aromatic carbocycles. The van der Waals surface area contributed by atoms with Crippen molar-refractivity contribution in [1.29, 1.82) is 10.5 Å². The molecule has 3 aliphatic rings. The smallest absolute Gasteiger partial charge is 0.180 e. The first-order valence-corrected chi connectivity index (χ1v) is 14.2. The van der Waals surface area contributed by atoms with E-state index >= 15 is 0 Å². The molecule has 5 heteroatoms. The molecule has 7 aromatic rings. The van der Waals surface area contributed by atoms with Crippen LogP contribution >= 0.6 is 0 Å². The number of hydrogen-bond acceptors (Lipinski definition) is 5. The van der Waals surface area contributed by atoms with Crippen LogP contribution in [0, 0.1) is 22.7 Å². The number of furan rings is 1. The van der Waals surface area contributed by atoms with Gasteiger partial charge in [0.15, 0.2) is 11.4 Å². The van der Waals surface area contributed by atoms with E-state index in [4.69, 9.17) is 14.4 Å². The van der Waals surface area contributed by atoms with Gasteiger partial charge in [-0.1, -0.05) is 72.8 Å². The monoisotopic (exact) mass is 548 g/mol. The van der Waals surface area contributed by atoms with Crippen LogP contribution in [0.25, 0.3) is 44.7 Å². The Labute approximate surface area is 246 Å². The number of benzene rings is 5. The highest BCUT2D eigenvalue weighted by molar-refractivity contribution is 6.07. The van der Waals surface area contributed by atoms with Crippen molar-refractivity contribution in [2.45, 2.75) is 11.8 Å². The van der Waals surface area contributed by atoms with Gasteiger partial charge in [-0.3, -0.25) is 0 Å². The minimum atomic E-state index is -0.0539. The molecule has 2 bridgehead atoms.